The van der Waals surface area contributed by atoms with Crippen LogP contribution >= 0.6 is 0 Å². The molecule has 0 amide bonds. The Morgan fingerprint density at radius 2 is 2.17 bits per heavy atom. The molecule has 0 unspecified atom stereocenters. The number of ether oxygens (including phenoxy) is 2. The molecule has 2 fully saturated rings. The first-order valence-corrected chi connectivity index (χ1v) is 7.89. The van der Waals surface area contributed by atoms with Gasteiger partial charge in [-0.1, -0.05) is 12.8 Å². The molecule has 0 bridgehead atoms. The smallest absolute Gasteiger partial charge is 0.224 e. The first-order chi connectivity index (χ1) is 11.2. The molecule has 4 rings (SSSR count). The first-order valence-electron chi connectivity index (χ1n) is 7.89. The van der Waals surface area contributed by atoms with Crippen molar-refractivity contribution in [2.24, 2.45) is 0 Å². The summed E-state index contributed by atoms with van der Waals surface area (Å²) in [5.74, 6) is 0.855. The fraction of sp³-hybridized carbons (Fsp3) is 0.643. The molecule has 0 radical (unpaired) electrons. The summed E-state index contributed by atoms with van der Waals surface area (Å²) in [4.78, 5) is 13.0. The monoisotopic (exact) mass is 320 g/mol. The zero-order valence-electron chi connectivity index (χ0n) is 12.7. The number of fused-ring (bicyclic) bond motifs is 1. The maximum Gasteiger partial charge on any atom is 0.224 e. The third-order valence-corrected chi connectivity index (χ3v) is 4.33. The highest BCUT2D eigenvalue weighted by Crippen LogP contribution is 2.29. The van der Waals surface area contributed by atoms with E-state index < -0.39 is 6.29 Å². The van der Waals surface area contributed by atoms with Crippen LogP contribution in [0.2, 0.25) is 0 Å². The van der Waals surface area contributed by atoms with Crippen molar-refractivity contribution in [3.8, 4) is 0 Å². The van der Waals surface area contributed by atoms with Gasteiger partial charge in [-0.2, -0.15) is 9.97 Å². The van der Waals surface area contributed by atoms with Gasteiger partial charge in [0.2, 0.25) is 5.95 Å². The molecule has 0 aromatic carbocycles. The van der Waals surface area contributed by atoms with Crippen molar-refractivity contribution >= 4 is 22.9 Å². The second kappa shape index (κ2) is 5.91. The minimum absolute atomic E-state index is 0.186. The number of rotatable bonds is 4. The van der Waals surface area contributed by atoms with Crippen molar-refractivity contribution in [1.82, 2.24) is 19.5 Å². The molecule has 1 aliphatic carbocycles. The molecule has 4 N–H and O–H groups in total. The van der Waals surface area contributed by atoms with Crippen LogP contribution in [0, 0.1) is 0 Å². The summed E-state index contributed by atoms with van der Waals surface area (Å²) < 4.78 is 12.7. The fourth-order valence-electron chi connectivity index (χ4n) is 3.19. The molecule has 3 heterocycles. The Bertz CT molecular complexity index is 699. The molecular weight excluding hydrogens is 300 g/mol. The largest absolute Gasteiger partial charge is 0.391 e. The minimum Gasteiger partial charge on any atom is -0.391 e. The number of nitrogens with two attached hydrogens (primary N) is 1. The summed E-state index contributed by atoms with van der Waals surface area (Å²) in [6.07, 6.45) is 5.36. The second-order valence-corrected chi connectivity index (χ2v) is 5.92. The van der Waals surface area contributed by atoms with Gasteiger partial charge in [-0.15, -0.1) is 0 Å². The summed E-state index contributed by atoms with van der Waals surface area (Å²) >= 11 is 0. The highest BCUT2D eigenvalue weighted by atomic mass is 16.7. The zero-order valence-corrected chi connectivity index (χ0v) is 12.7. The number of hydrogen-bond acceptors (Lipinski definition) is 8. The van der Waals surface area contributed by atoms with Gasteiger partial charge in [0.25, 0.3) is 0 Å². The zero-order chi connectivity index (χ0) is 15.8. The van der Waals surface area contributed by atoms with Crippen LogP contribution in [-0.4, -0.2) is 50.2 Å². The van der Waals surface area contributed by atoms with E-state index >= 15 is 0 Å². The second-order valence-electron chi connectivity index (χ2n) is 5.92. The molecular formula is C14H20N6O3. The minimum atomic E-state index is -0.618. The highest BCUT2D eigenvalue weighted by Gasteiger charge is 2.29. The van der Waals surface area contributed by atoms with Crippen LogP contribution in [0.25, 0.3) is 11.2 Å². The molecule has 124 valence electrons. The van der Waals surface area contributed by atoms with Crippen LogP contribution in [0.1, 0.15) is 31.9 Å². The van der Waals surface area contributed by atoms with Crippen molar-refractivity contribution in [1.29, 1.82) is 0 Å². The Balaban J connectivity index is 1.67. The number of aliphatic hydroxyl groups excluding tert-OH is 1. The quantitative estimate of drug-likeness (QED) is 0.750. The van der Waals surface area contributed by atoms with E-state index in [0.717, 1.165) is 12.8 Å². The molecule has 23 heavy (non-hydrogen) atoms. The van der Waals surface area contributed by atoms with E-state index in [1.165, 1.54) is 12.8 Å². The van der Waals surface area contributed by atoms with Gasteiger partial charge in [0.05, 0.1) is 19.5 Å². The molecule has 1 aliphatic heterocycles. The maximum atomic E-state index is 9.11. The maximum absolute atomic E-state index is 9.11. The van der Waals surface area contributed by atoms with Crippen LogP contribution < -0.4 is 11.1 Å². The molecule has 1 saturated heterocycles. The Morgan fingerprint density at radius 1 is 1.35 bits per heavy atom. The van der Waals surface area contributed by atoms with Crippen LogP contribution in [0.15, 0.2) is 6.33 Å². The van der Waals surface area contributed by atoms with Gasteiger partial charge in [-0.05, 0) is 12.8 Å². The van der Waals surface area contributed by atoms with E-state index in [0.29, 0.717) is 29.6 Å². The molecule has 0 spiro atoms. The van der Waals surface area contributed by atoms with E-state index in [4.69, 9.17) is 20.3 Å². The lowest BCUT2D eigenvalue weighted by Gasteiger charge is -2.14. The third-order valence-electron chi connectivity index (χ3n) is 4.33. The lowest BCUT2D eigenvalue weighted by Crippen LogP contribution is -2.17. The van der Waals surface area contributed by atoms with Gasteiger partial charge in [0.1, 0.15) is 0 Å². The Labute approximate surface area is 132 Å². The van der Waals surface area contributed by atoms with Gasteiger partial charge < -0.3 is 25.6 Å². The van der Waals surface area contributed by atoms with Crippen LogP contribution in [0.3, 0.4) is 0 Å². The van der Waals surface area contributed by atoms with Crippen LogP contribution in [-0.2, 0) is 9.47 Å². The lowest BCUT2D eigenvalue weighted by atomic mass is 10.2. The van der Waals surface area contributed by atoms with E-state index in [1.807, 2.05) is 0 Å². The van der Waals surface area contributed by atoms with Crippen molar-refractivity contribution in [3.05, 3.63) is 6.33 Å². The number of imidazole rings is 1. The topological polar surface area (TPSA) is 120 Å². The number of hydrogen-bond donors (Lipinski definition) is 3. The molecule has 2 atom stereocenters. The SMILES string of the molecule is Nc1nc(NC2CCCC2)c2ncn([C@H]3CO[C@@H](CO)O3)c2n1. The molecule has 2 aromatic heterocycles. The van der Waals surface area contributed by atoms with Crippen molar-refractivity contribution < 1.29 is 14.6 Å². The number of nitrogens with one attached hydrogen (secondary N) is 1. The van der Waals surface area contributed by atoms with Crippen molar-refractivity contribution in [2.45, 2.75) is 44.2 Å². The van der Waals surface area contributed by atoms with E-state index in [-0.39, 0.29) is 18.8 Å². The third kappa shape index (κ3) is 2.71. The Morgan fingerprint density at radius 3 is 2.91 bits per heavy atom. The predicted molar refractivity (Wildman–Crippen MR) is 82.6 cm³/mol. The van der Waals surface area contributed by atoms with Gasteiger partial charge in [-0.3, -0.25) is 4.57 Å². The molecule has 9 heteroatoms. The number of aromatic nitrogens is 4. The van der Waals surface area contributed by atoms with Crippen molar-refractivity contribution in [3.63, 3.8) is 0 Å². The molecule has 2 aromatic rings. The van der Waals surface area contributed by atoms with E-state index in [9.17, 15) is 0 Å². The Kier molecular flexibility index (Phi) is 3.76. The number of nitrogens with zero attached hydrogens (tertiary/aromatic N) is 4. The fourth-order valence-corrected chi connectivity index (χ4v) is 3.19. The van der Waals surface area contributed by atoms with E-state index in [2.05, 4.69) is 20.3 Å². The number of aliphatic hydroxyl groups is 1. The first kappa shape index (κ1) is 14.6. The van der Waals surface area contributed by atoms with Gasteiger partial charge in [0, 0.05) is 6.04 Å². The predicted octanol–water partition coefficient (Wildman–Crippen LogP) is 0.627. The van der Waals surface area contributed by atoms with Gasteiger partial charge >= 0.3 is 0 Å². The molecule has 2 aliphatic rings. The van der Waals surface area contributed by atoms with Gasteiger partial charge in [0.15, 0.2) is 29.5 Å². The normalized spacial score (nSPS) is 25.4. The summed E-state index contributed by atoms with van der Waals surface area (Å²) in [5, 5.41) is 12.5. The summed E-state index contributed by atoms with van der Waals surface area (Å²) in [5.41, 5.74) is 7.13. The molecule has 9 nitrogen and oxygen atoms in total. The standard InChI is InChI=1S/C14H20N6O3/c15-14-18-12(17-8-3-1-2-4-8)11-13(19-14)20(7-16-11)9-6-22-10(5-21)23-9/h7-10,21H,1-6H2,(H3,15,17,18,19)/t9-,10-/m1/s1. The van der Waals surface area contributed by atoms with Crippen molar-refractivity contribution in [2.75, 3.05) is 24.3 Å². The highest BCUT2D eigenvalue weighted by molar-refractivity contribution is 5.84. The molecule has 1 saturated carbocycles. The van der Waals surface area contributed by atoms with Gasteiger partial charge in [-0.25, -0.2) is 4.98 Å². The lowest BCUT2D eigenvalue weighted by molar-refractivity contribution is -0.0980. The number of anilines is 2. The Hall–Kier alpha value is -1.97. The van der Waals surface area contributed by atoms with E-state index in [1.54, 1.807) is 10.9 Å². The average molecular weight is 320 g/mol. The summed E-state index contributed by atoms with van der Waals surface area (Å²) in [7, 11) is 0. The summed E-state index contributed by atoms with van der Waals surface area (Å²) in [6.45, 7) is 0.140. The van der Waals surface area contributed by atoms with Crippen LogP contribution in [0.4, 0.5) is 11.8 Å². The van der Waals surface area contributed by atoms with Crippen LogP contribution in [0.5, 0.6) is 0 Å². The average Bonchev–Trinajstić information content (AvgIpc) is 3.26. The number of nitrogen functional groups attached to an aromatic ring is 1. The summed E-state index contributed by atoms with van der Waals surface area (Å²) in [6, 6.07) is 0.405.